The number of nitrogens with two attached hydrogens (primary N) is 1. The average molecular weight is 284 g/mol. The first kappa shape index (κ1) is 15.5. The molecule has 90 valence electrons. The Morgan fingerprint density at radius 3 is 2.62 bits per heavy atom. The zero-order chi connectivity index (χ0) is 11.4. The first-order chi connectivity index (χ1) is 7.04. The quantitative estimate of drug-likeness (QED) is 0.895. The van der Waals surface area contributed by atoms with Crippen molar-refractivity contribution in [2.24, 2.45) is 5.73 Å². The van der Waals surface area contributed by atoms with Crippen LogP contribution >= 0.6 is 35.6 Å². The number of nitrogens with one attached hydrogen (secondary N) is 1. The molecule has 0 heterocycles. The number of benzene rings is 1. The van der Waals surface area contributed by atoms with E-state index in [0.29, 0.717) is 22.2 Å². The topological polar surface area (TPSA) is 55.1 Å². The van der Waals surface area contributed by atoms with Gasteiger partial charge in [0.1, 0.15) is 0 Å². The highest BCUT2D eigenvalue weighted by molar-refractivity contribution is 6.36. The van der Waals surface area contributed by atoms with Gasteiger partial charge < -0.3 is 11.1 Å². The summed E-state index contributed by atoms with van der Waals surface area (Å²) < 4.78 is 0. The minimum absolute atomic E-state index is 0. The van der Waals surface area contributed by atoms with Gasteiger partial charge in [0.05, 0.1) is 10.6 Å². The van der Waals surface area contributed by atoms with Crippen LogP contribution in [0.1, 0.15) is 17.3 Å². The SMILES string of the molecule is C[C@H](CN)NC(=O)c1ccc(Cl)cc1Cl.Cl. The maximum absolute atomic E-state index is 11.7. The van der Waals surface area contributed by atoms with Crippen molar-refractivity contribution in [3.05, 3.63) is 33.8 Å². The Balaban J connectivity index is 0.00000225. The van der Waals surface area contributed by atoms with Crippen molar-refractivity contribution in [1.82, 2.24) is 5.32 Å². The van der Waals surface area contributed by atoms with Crippen LogP contribution in [0.5, 0.6) is 0 Å². The maximum atomic E-state index is 11.7. The summed E-state index contributed by atoms with van der Waals surface area (Å²) in [5, 5.41) is 3.56. The molecule has 3 N–H and O–H groups in total. The molecular formula is C10H13Cl3N2O. The fraction of sp³-hybridized carbons (Fsp3) is 0.300. The van der Waals surface area contributed by atoms with E-state index in [4.69, 9.17) is 28.9 Å². The third-order valence-electron chi connectivity index (χ3n) is 1.91. The van der Waals surface area contributed by atoms with Crippen molar-refractivity contribution in [2.75, 3.05) is 6.54 Å². The molecule has 16 heavy (non-hydrogen) atoms. The molecule has 0 spiro atoms. The largest absolute Gasteiger partial charge is 0.348 e. The van der Waals surface area contributed by atoms with Gasteiger partial charge in [0.15, 0.2) is 0 Å². The van der Waals surface area contributed by atoms with Gasteiger partial charge in [-0.1, -0.05) is 23.2 Å². The van der Waals surface area contributed by atoms with Crippen LogP contribution in [0, 0.1) is 0 Å². The first-order valence-corrected chi connectivity index (χ1v) is 5.26. The molecular weight excluding hydrogens is 270 g/mol. The molecule has 6 heteroatoms. The van der Waals surface area contributed by atoms with Crippen LogP contribution in [-0.4, -0.2) is 18.5 Å². The molecule has 1 rings (SSSR count). The molecule has 0 radical (unpaired) electrons. The van der Waals surface area contributed by atoms with E-state index in [1.807, 2.05) is 6.92 Å². The Kier molecular flexibility index (Phi) is 6.76. The van der Waals surface area contributed by atoms with Gasteiger partial charge in [-0.05, 0) is 25.1 Å². The molecule has 0 saturated carbocycles. The van der Waals surface area contributed by atoms with E-state index in [1.54, 1.807) is 12.1 Å². The number of hydrogen-bond acceptors (Lipinski definition) is 2. The zero-order valence-corrected chi connectivity index (χ0v) is 11.0. The van der Waals surface area contributed by atoms with Crippen molar-refractivity contribution >= 4 is 41.5 Å². The van der Waals surface area contributed by atoms with E-state index in [9.17, 15) is 4.79 Å². The average Bonchev–Trinajstić information content (AvgIpc) is 2.17. The first-order valence-electron chi connectivity index (χ1n) is 4.50. The molecule has 1 aromatic rings. The second-order valence-corrected chi connectivity index (χ2v) is 4.08. The summed E-state index contributed by atoms with van der Waals surface area (Å²) in [5.74, 6) is -0.241. The van der Waals surface area contributed by atoms with E-state index in [1.165, 1.54) is 6.07 Å². The van der Waals surface area contributed by atoms with E-state index in [-0.39, 0.29) is 24.4 Å². The number of carbonyl (C=O) groups excluding carboxylic acids is 1. The number of hydrogen-bond donors (Lipinski definition) is 2. The van der Waals surface area contributed by atoms with Crippen molar-refractivity contribution in [2.45, 2.75) is 13.0 Å². The molecule has 0 unspecified atom stereocenters. The van der Waals surface area contributed by atoms with Crippen LogP contribution in [0.4, 0.5) is 0 Å². The summed E-state index contributed by atoms with van der Waals surface area (Å²) in [6.07, 6.45) is 0. The lowest BCUT2D eigenvalue weighted by Crippen LogP contribution is -2.37. The molecule has 0 bridgehead atoms. The summed E-state index contributed by atoms with van der Waals surface area (Å²) in [6, 6.07) is 4.66. The molecule has 0 aromatic heterocycles. The van der Waals surface area contributed by atoms with Gasteiger partial charge in [-0.25, -0.2) is 0 Å². The standard InChI is InChI=1S/C10H12Cl2N2O.ClH/c1-6(5-13)14-10(15)8-3-2-7(11)4-9(8)12;/h2-4,6H,5,13H2,1H3,(H,14,15);1H/t6-;/m1./s1. The molecule has 0 aliphatic heterocycles. The summed E-state index contributed by atoms with van der Waals surface area (Å²) >= 11 is 11.6. The molecule has 0 fully saturated rings. The fourth-order valence-corrected chi connectivity index (χ4v) is 1.53. The van der Waals surface area contributed by atoms with Crippen molar-refractivity contribution in [3.8, 4) is 0 Å². The predicted octanol–water partition coefficient (Wildman–Crippen LogP) is 2.49. The Bertz CT molecular complexity index is 371. The smallest absolute Gasteiger partial charge is 0.253 e. The minimum Gasteiger partial charge on any atom is -0.348 e. The second kappa shape index (κ2) is 6.97. The lowest BCUT2D eigenvalue weighted by Gasteiger charge is -2.12. The number of rotatable bonds is 3. The maximum Gasteiger partial charge on any atom is 0.253 e. The van der Waals surface area contributed by atoms with Gasteiger partial charge in [0.25, 0.3) is 5.91 Å². The minimum atomic E-state index is -0.241. The highest BCUT2D eigenvalue weighted by Gasteiger charge is 2.12. The van der Waals surface area contributed by atoms with Crippen LogP contribution in [0.2, 0.25) is 10.0 Å². The monoisotopic (exact) mass is 282 g/mol. The highest BCUT2D eigenvalue weighted by Crippen LogP contribution is 2.20. The van der Waals surface area contributed by atoms with Crippen molar-refractivity contribution in [3.63, 3.8) is 0 Å². The van der Waals surface area contributed by atoms with Crippen LogP contribution in [0.3, 0.4) is 0 Å². The van der Waals surface area contributed by atoms with Gasteiger partial charge in [0, 0.05) is 17.6 Å². The second-order valence-electron chi connectivity index (χ2n) is 3.23. The Labute approximate surface area is 111 Å². The van der Waals surface area contributed by atoms with E-state index in [0.717, 1.165) is 0 Å². The third-order valence-corrected chi connectivity index (χ3v) is 2.45. The van der Waals surface area contributed by atoms with E-state index in [2.05, 4.69) is 5.32 Å². The van der Waals surface area contributed by atoms with Crippen LogP contribution < -0.4 is 11.1 Å². The number of carbonyl (C=O) groups is 1. The Morgan fingerprint density at radius 1 is 1.50 bits per heavy atom. The van der Waals surface area contributed by atoms with Crippen LogP contribution in [0.25, 0.3) is 0 Å². The normalized spacial score (nSPS) is 11.5. The van der Waals surface area contributed by atoms with Crippen LogP contribution in [0.15, 0.2) is 18.2 Å². The molecule has 1 aromatic carbocycles. The number of amides is 1. The summed E-state index contributed by atoms with van der Waals surface area (Å²) in [5.41, 5.74) is 5.80. The predicted molar refractivity (Wildman–Crippen MR) is 69.7 cm³/mol. The summed E-state index contributed by atoms with van der Waals surface area (Å²) in [6.45, 7) is 2.21. The van der Waals surface area contributed by atoms with E-state index < -0.39 is 0 Å². The lowest BCUT2D eigenvalue weighted by molar-refractivity contribution is 0.0941. The molecule has 3 nitrogen and oxygen atoms in total. The molecule has 1 amide bonds. The Morgan fingerprint density at radius 2 is 2.12 bits per heavy atom. The van der Waals surface area contributed by atoms with Crippen LogP contribution in [-0.2, 0) is 0 Å². The lowest BCUT2D eigenvalue weighted by atomic mass is 10.2. The van der Waals surface area contributed by atoms with Gasteiger partial charge in [-0.3, -0.25) is 4.79 Å². The zero-order valence-electron chi connectivity index (χ0n) is 8.67. The van der Waals surface area contributed by atoms with Gasteiger partial charge >= 0.3 is 0 Å². The number of halogens is 3. The van der Waals surface area contributed by atoms with Crippen molar-refractivity contribution in [1.29, 1.82) is 0 Å². The fourth-order valence-electron chi connectivity index (χ4n) is 1.03. The molecule has 1 atom stereocenters. The molecule has 0 aliphatic carbocycles. The molecule has 0 saturated heterocycles. The third kappa shape index (κ3) is 4.18. The summed E-state index contributed by atoms with van der Waals surface area (Å²) in [4.78, 5) is 11.7. The van der Waals surface area contributed by atoms with Crippen molar-refractivity contribution < 1.29 is 4.79 Å². The molecule has 0 aliphatic rings. The Hall–Kier alpha value is -0.480. The van der Waals surface area contributed by atoms with Gasteiger partial charge in [-0.2, -0.15) is 0 Å². The van der Waals surface area contributed by atoms with Gasteiger partial charge in [0.2, 0.25) is 0 Å². The van der Waals surface area contributed by atoms with Gasteiger partial charge in [-0.15, -0.1) is 12.4 Å². The summed E-state index contributed by atoms with van der Waals surface area (Å²) in [7, 11) is 0. The highest BCUT2D eigenvalue weighted by atomic mass is 35.5. The van der Waals surface area contributed by atoms with E-state index >= 15 is 0 Å².